The number of hydrogen-bond acceptors (Lipinski definition) is 2. The van der Waals surface area contributed by atoms with Gasteiger partial charge in [-0.25, -0.2) is 0 Å². The number of aryl methyl sites for hydroxylation is 1. The fourth-order valence-corrected chi connectivity index (χ4v) is 1.49. The minimum absolute atomic E-state index is 1.06. The van der Waals surface area contributed by atoms with Crippen molar-refractivity contribution in [3.05, 3.63) is 29.6 Å². The van der Waals surface area contributed by atoms with Crippen LogP contribution in [0.5, 0.6) is 0 Å². The zero-order chi connectivity index (χ0) is 7.68. The summed E-state index contributed by atoms with van der Waals surface area (Å²) in [6.45, 7) is 0. The third kappa shape index (κ3) is 0.946. The molecule has 0 aromatic carbocycles. The van der Waals surface area contributed by atoms with Gasteiger partial charge >= 0.3 is 0 Å². The zero-order valence-electron chi connectivity index (χ0n) is 6.54. The number of aliphatic imine (C=N–C) groups is 1. The lowest BCUT2D eigenvalue weighted by atomic mass is 10.2. The summed E-state index contributed by atoms with van der Waals surface area (Å²) in [7, 11) is 1.83. The van der Waals surface area contributed by atoms with Gasteiger partial charge in [-0.05, 0) is 24.5 Å². The molecule has 0 unspecified atom stereocenters. The maximum atomic E-state index is 4.28. The average molecular weight is 146 g/mol. The van der Waals surface area contributed by atoms with Gasteiger partial charge in [-0.2, -0.15) is 0 Å². The number of hydrogen-bond donors (Lipinski definition) is 0. The molecule has 0 spiro atoms. The van der Waals surface area contributed by atoms with Crippen LogP contribution in [0.2, 0.25) is 0 Å². The van der Waals surface area contributed by atoms with E-state index in [-0.39, 0.29) is 0 Å². The highest BCUT2D eigenvalue weighted by Crippen LogP contribution is 2.19. The van der Waals surface area contributed by atoms with Crippen LogP contribution in [-0.4, -0.2) is 17.7 Å². The number of rotatable bonds is 0. The Labute approximate surface area is 66.0 Å². The maximum absolute atomic E-state index is 4.28. The van der Waals surface area contributed by atoms with Gasteiger partial charge in [0.15, 0.2) is 0 Å². The van der Waals surface area contributed by atoms with Gasteiger partial charge in [0.1, 0.15) is 0 Å². The summed E-state index contributed by atoms with van der Waals surface area (Å²) in [5.74, 6) is 0. The van der Waals surface area contributed by atoms with Crippen molar-refractivity contribution < 1.29 is 0 Å². The lowest BCUT2D eigenvalue weighted by Gasteiger charge is -1.94. The molecule has 1 aromatic heterocycles. The molecule has 0 bridgehead atoms. The summed E-state index contributed by atoms with van der Waals surface area (Å²) in [6.07, 6.45) is 3.99. The number of pyridine rings is 1. The van der Waals surface area contributed by atoms with Crippen molar-refractivity contribution in [1.29, 1.82) is 0 Å². The number of nitrogens with zero attached hydrogens (tertiary/aromatic N) is 2. The summed E-state index contributed by atoms with van der Waals surface area (Å²) in [4.78, 5) is 8.46. The molecular formula is C9H10N2. The predicted octanol–water partition coefficient (Wildman–Crippen LogP) is 1.45. The van der Waals surface area contributed by atoms with Crippen LogP contribution in [0.3, 0.4) is 0 Å². The van der Waals surface area contributed by atoms with E-state index in [0.717, 1.165) is 24.2 Å². The third-order valence-electron chi connectivity index (χ3n) is 2.07. The molecular weight excluding hydrogens is 136 g/mol. The average Bonchev–Trinajstić information content (AvgIpc) is 2.47. The largest absolute Gasteiger partial charge is 0.291 e. The second-order valence-corrected chi connectivity index (χ2v) is 2.68. The van der Waals surface area contributed by atoms with Crippen LogP contribution in [-0.2, 0) is 6.42 Å². The molecule has 2 heteroatoms. The first-order chi connectivity index (χ1) is 5.42. The van der Waals surface area contributed by atoms with E-state index in [1.165, 1.54) is 5.56 Å². The SMILES string of the molecule is CN=C1CCc2cccnc21. The molecule has 0 saturated carbocycles. The first-order valence-corrected chi connectivity index (χ1v) is 3.82. The molecule has 1 aliphatic carbocycles. The Kier molecular flexibility index (Phi) is 1.46. The van der Waals surface area contributed by atoms with Gasteiger partial charge in [0.05, 0.1) is 11.4 Å². The van der Waals surface area contributed by atoms with Crippen LogP contribution in [0.15, 0.2) is 23.3 Å². The van der Waals surface area contributed by atoms with E-state index < -0.39 is 0 Å². The van der Waals surface area contributed by atoms with Gasteiger partial charge in [-0.15, -0.1) is 0 Å². The Morgan fingerprint density at radius 1 is 1.45 bits per heavy atom. The predicted molar refractivity (Wildman–Crippen MR) is 45.0 cm³/mol. The molecule has 0 fully saturated rings. The van der Waals surface area contributed by atoms with E-state index in [9.17, 15) is 0 Å². The summed E-state index contributed by atoms with van der Waals surface area (Å²) in [6, 6.07) is 4.11. The van der Waals surface area contributed by atoms with E-state index >= 15 is 0 Å². The van der Waals surface area contributed by atoms with Crippen molar-refractivity contribution in [3.63, 3.8) is 0 Å². The molecule has 2 rings (SSSR count). The van der Waals surface area contributed by atoms with Crippen LogP contribution < -0.4 is 0 Å². The van der Waals surface area contributed by atoms with Gasteiger partial charge < -0.3 is 0 Å². The summed E-state index contributed by atoms with van der Waals surface area (Å²) >= 11 is 0. The topological polar surface area (TPSA) is 25.2 Å². The quantitative estimate of drug-likeness (QED) is 0.543. The molecule has 0 aliphatic heterocycles. The summed E-state index contributed by atoms with van der Waals surface area (Å²) in [5, 5.41) is 0. The monoisotopic (exact) mass is 146 g/mol. The van der Waals surface area contributed by atoms with Crippen LogP contribution in [0.4, 0.5) is 0 Å². The molecule has 56 valence electrons. The third-order valence-corrected chi connectivity index (χ3v) is 2.07. The van der Waals surface area contributed by atoms with E-state index in [1.54, 1.807) is 0 Å². The van der Waals surface area contributed by atoms with Gasteiger partial charge in [0, 0.05) is 13.2 Å². The molecule has 1 heterocycles. The van der Waals surface area contributed by atoms with E-state index in [1.807, 2.05) is 19.3 Å². The molecule has 0 atom stereocenters. The van der Waals surface area contributed by atoms with Gasteiger partial charge in [-0.1, -0.05) is 6.07 Å². The van der Waals surface area contributed by atoms with Crippen molar-refractivity contribution in [2.24, 2.45) is 4.99 Å². The molecule has 11 heavy (non-hydrogen) atoms. The van der Waals surface area contributed by atoms with Gasteiger partial charge in [0.25, 0.3) is 0 Å². The lowest BCUT2D eigenvalue weighted by molar-refractivity contribution is 1.08. The van der Waals surface area contributed by atoms with Crippen LogP contribution in [0.25, 0.3) is 0 Å². The minimum Gasteiger partial charge on any atom is -0.291 e. The Hall–Kier alpha value is -1.18. The zero-order valence-corrected chi connectivity index (χ0v) is 6.54. The number of aromatic nitrogens is 1. The molecule has 1 aromatic rings. The Bertz CT molecular complexity index is 302. The highest BCUT2D eigenvalue weighted by molar-refractivity contribution is 6.02. The van der Waals surface area contributed by atoms with Crippen LogP contribution >= 0.6 is 0 Å². The molecule has 2 nitrogen and oxygen atoms in total. The molecule has 0 N–H and O–H groups in total. The van der Waals surface area contributed by atoms with E-state index in [4.69, 9.17) is 0 Å². The Morgan fingerprint density at radius 2 is 2.36 bits per heavy atom. The first-order valence-electron chi connectivity index (χ1n) is 3.82. The second kappa shape index (κ2) is 2.46. The minimum atomic E-state index is 1.06. The van der Waals surface area contributed by atoms with Gasteiger partial charge in [0.2, 0.25) is 0 Å². The van der Waals surface area contributed by atoms with Gasteiger partial charge in [-0.3, -0.25) is 9.98 Å². The Balaban J connectivity index is 2.55. The molecule has 0 saturated heterocycles. The van der Waals surface area contributed by atoms with Crippen molar-refractivity contribution in [2.75, 3.05) is 7.05 Å². The highest BCUT2D eigenvalue weighted by Gasteiger charge is 2.16. The second-order valence-electron chi connectivity index (χ2n) is 2.68. The van der Waals surface area contributed by atoms with E-state index in [0.29, 0.717) is 0 Å². The molecule has 0 radical (unpaired) electrons. The molecule has 0 amide bonds. The smallest absolute Gasteiger partial charge is 0.0871 e. The fourth-order valence-electron chi connectivity index (χ4n) is 1.49. The van der Waals surface area contributed by atoms with E-state index in [2.05, 4.69) is 16.0 Å². The summed E-state index contributed by atoms with van der Waals surface area (Å²) < 4.78 is 0. The summed E-state index contributed by atoms with van der Waals surface area (Å²) in [5.41, 5.74) is 3.60. The van der Waals surface area contributed by atoms with Crippen LogP contribution in [0, 0.1) is 0 Å². The van der Waals surface area contributed by atoms with Crippen molar-refractivity contribution in [1.82, 2.24) is 4.98 Å². The fraction of sp³-hybridized carbons (Fsp3) is 0.333. The van der Waals surface area contributed by atoms with Crippen molar-refractivity contribution >= 4 is 5.71 Å². The Morgan fingerprint density at radius 3 is 3.18 bits per heavy atom. The van der Waals surface area contributed by atoms with Crippen molar-refractivity contribution in [3.8, 4) is 0 Å². The molecule has 1 aliphatic rings. The maximum Gasteiger partial charge on any atom is 0.0871 e. The first kappa shape index (κ1) is 6.53. The standard InChI is InChI=1S/C9H10N2/c1-10-8-5-4-7-3-2-6-11-9(7)8/h2-3,6H,4-5H2,1H3. The normalized spacial score (nSPS) is 18.8. The van der Waals surface area contributed by atoms with Crippen LogP contribution in [0.1, 0.15) is 17.7 Å². The van der Waals surface area contributed by atoms with Crippen molar-refractivity contribution in [2.45, 2.75) is 12.8 Å². The highest BCUT2D eigenvalue weighted by atomic mass is 14.8. The lowest BCUT2D eigenvalue weighted by Crippen LogP contribution is -1.96. The number of fused-ring (bicyclic) bond motifs is 1.